The average molecular weight is 444 g/mol. The fraction of sp³-hybridized carbons (Fsp3) is 0.261. The van der Waals surface area contributed by atoms with Crippen molar-refractivity contribution in [3.63, 3.8) is 0 Å². The van der Waals surface area contributed by atoms with Gasteiger partial charge in [-0.15, -0.1) is 11.3 Å². The van der Waals surface area contributed by atoms with Crippen LogP contribution in [0.1, 0.15) is 42.3 Å². The second kappa shape index (κ2) is 10.3. The molecule has 31 heavy (non-hydrogen) atoms. The standard InChI is InChI=1S/C23H23F2N3O2S/c1-14(2)10-20(29)27-21(15-6-4-3-5-7-15)22(30)28-23-26-13-18(31-23)11-16-8-9-17(24)12-19(16)25/h3-9,12-14,21H,10-11H2,1-2H3,(H,27,29)(H,26,28,30). The lowest BCUT2D eigenvalue weighted by atomic mass is 10.0. The van der Waals surface area contributed by atoms with Crippen LogP contribution < -0.4 is 10.6 Å². The summed E-state index contributed by atoms with van der Waals surface area (Å²) in [6.45, 7) is 3.86. The van der Waals surface area contributed by atoms with Gasteiger partial charge in [0, 0.05) is 30.0 Å². The Hall–Kier alpha value is -3.13. The molecule has 1 unspecified atom stereocenters. The molecule has 3 rings (SSSR count). The Kier molecular flexibility index (Phi) is 7.46. The van der Waals surface area contributed by atoms with Crippen molar-refractivity contribution in [1.82, 2.24) is 10.3 Å². The Labute approximate surface area is 183 Å². The number of carbonyl (C=O) groups excluding carboxylic acids is 2. The minimum atomic E-state index is -0.866. The molecule has 3 aromatic rings. The van der Waals surface area contributed by atoms with Gasteiger partial charge in [-0.1, -0.05) is 50.2 Å². The predicted octanol–water partition coefficient (Wildman–Crippen LogP) is 4.85. The van der Waals surface area contributed by atoms with Gasteiger partial charge in [0.1, 0.15) is 17.7 Å². The van der Waals surface area contributed by atoms with Gasteiger partial charge >= 0.3 is 0 Å². The van der Waals surface area contributed by atoms with Crippen LogP contribution in [-0.2, 0) is 16.0 Å². The Morgan fingerprint density at radius 1 is 1.10 bits per heavy atom. The molecule has 0 aliphatic rings. The van der Waals surface area contributed by atoms with Crippen LogP contribution in [0.3, 0.4) is 0 Å². The van der Waals surface area contributed by atoms with Crippen molar-refractivity contribution in [1.29, 1.82) is 0 Å². The summed E-state index contributed by atoms with van der Waals surface area (Å²) in [5, 5.41) is 5.85. The first-order valence-electron chi connectivity index (χ1n) is 9.85. The Morgan fingerprint density at radius 3 is 2.52 bits per heavy atom. The highest BCUT2D eigenvalue weighted by molar-refractivity contribution is 7.15. The fourth-order valence-corrected chi connectivity index (χ4v) is 3.85. The second-order valence-corrected chi connectivity index (χ2v) is 8.66. The highest BCUT2D eigenvalue weighted by atomic mass is 32.1. The van der Waals surface area contributed by atoms with Crippen LogP contribution in [0.2, 0.25) is 0 Å². The molecule has 8 heteroatoms. The number of halogens is 2. The number of carbonyl (C=O) groups is 2. The zero-order valence-electron chi connectivity index (χ0n) is 17.2. The van der Waals surface area contributed by atoms with E-state index in [1.807, 2.05) is 19.9 Å². The van der Waals surface area contributed by atoms with Crippen LogP contribution >= 0.6 is 11.3 Å². The van der Waals surface area contributed by atoms with Crippen LogP contribution in [0.5, 0.6) is 0 Å². The number of amides is 2. The Morgan fingerprint density at radius 2 is 1.84 bits per heavy atom. The molecular formula is C23H23F2N3O2S. The summed E-state index contributed by atoms with van der Waals surface area (Å²) in [4.78, 5) is 30.1. The van der Waals surface area contributed by atoms with E-state index < -0.39 is 23.6 Å². The maximum absolute atomic E-state index is 13.9. The van der Waals surface area contributed by atoms with E-state index in [9.17, 15) is 18.4 Å². The monoisotopic (exact) mass is 443 g/mol. The van der Waals surface area contributed by atoms with Gasteiger partial charge in [0.05, 0.1) is 0 Å². The number of aromatic nitrogens is 1. The van der Waals surface area contributed by atoms with Crippen molar-refractivity contribution in [2.75, 3.05) is 5.32 Å². The van der Waals surface area contributed by atoms with Gasteiger partial charge < -0.3 is 5.32 Å². The van der Waals surface area contributed by atoms with Gasteiger partial charge in [0.15, 0.2) is 5.13 Å². The van der Waals surface area contributed by atoms with Crippen LogP contribution in [0.25, 0.3) is 0 Å². The first-order chi connectivity index (χ1) is 14.8. The number of thiazole rings is 1. The first kappa shape index (κ1) is 22.6. The summed E-state index contributed by atoms with van der Waals surface area (Å²) in [6.07, 6.45) is 2.08. The van der Waals surface area contributed by atoms with Gasteiger partial charge in [-0.2, -0.15) is 0 Å². The SMILES string of the molecule is CC(C)CC(=O)NC(C(=O)Nc1ncc(Cc2ccc(F)cc2F)s1)c1ccccc1. The minimum absolute atomic E-state index is 0.160. The Bertz CT molecular complexity index is 1050. The summed E-state index contributed by atoms with van der Waals surface area (Å²) in [5.74, 6) is -1.74. The fourth-order valence-electron chi connectivity index (χ4n) is 3.01. The van der Waals surface area contributed by atoms with E-state index >= 15 is 0 Å². The first-order valence-corrected chi connectivity index (χ1v) is 10.7. The summed E-state index contributed by atoms with van der Waals surface area (Å²) >= 11 is 1.19. The zero-order chi connectivity index (χ0) is 22.4. The third-order valence-electron chi connectivity index (χ3n) is 4.46. The number of nitrogens with zero attached hydrogens (tertiary/aromatic N) is 1. The lowest BCUT2D eigenvalue weighted by Crippen LogP contribution is -2.37. The molecule has 0 spiro atoms. The van der Waals surface area contributed by atoms with E-state index in [1.165, 1.54) is 29.7 Å². The van der Waals surface area contributed by atoms with Crippen molar-refractivity contribution >= 4 is 28.3 Å². The Balaban J connectivity index is 1.72. The van der Waals surface area contributed by atoms with Crippen LogP contribution in [0.4, 0.5) is 13.9 Å². The van der Waals surface area contributed by atoms with Crippen LogP contribution in [0.15, 0.2) is 54.7 Å². The normalized spacial score (nSPS) is 11.9. The summed E-state index contributed by atoms with van der Waals surface area (Å²) < 4.78 is 27.0. The molecule has 0 aliphatic carbocycles. The van der Waals surface area contributed by atoms with Gasteiger partial charge in [0.2, 0.25) is 5.91 Å². The molecule has 5 nitrogen and oxygen atoms in total. The molecule has 0 radical (unpaired) electrons. The number of benzene rings is 2. The van der Waals surface area contributed by atoms with Gasteiger partial charge in [0.25, 0.3) is 5.91 Å². The maximum Gasteiger partial charge on any atom is 0.253 e. The molecular weight excluding hydrogens is 420 g/mol. The van der Waals surface area contributed by atoms with Gasteiger partial charge in [-0.25, -0.2) is 13.8 Å². The number of nitrogens with one attached hydrogen (secondary N) is 2. The van der Waals surface area contributed by atoms with Gasteiger partial charge in [-0.05, 0) is 23.1 Å². The molecule has 2 aromatic carbocycles. The molecule has 1 aromatic heterocycles. The molecule has 162 valence electrons. The third kappa shape index (κ3) is 6.42. The quantitative estimate of drug-likeness (QED) is 0.523. The smallest absolute Gasteiger partial charge is 0.253 e. The zero-order valence-corrected chi connectivity index (χ0v) is 18.0. The highest BCUT2D eigenvalue weighted by Crippen LogP contribution is 2.24. The lowest BCUT2D eigenvalue weighted by Gasteiger charge is -2.18. The largest absolute Gasteiger partial charge is 0.341 e. The van der Waals surface area contributed by atoms with E-state index in [0.29, 0.717) is 27.6 Å². The highest BCUT2D eigenvalue weighted by Gasteiger charge is 2.24. The van der Waals surface area contributed by atoms with Crippen LogP contribution in [0, 0.1) is 17.6 Å². The van der Waals surface area contributed by atoms with Crippen molar-refractivity contribution in [2.24, 2.45) is 5.92 Å². The minimum Gasteiger partial charge on any atom is -0.341 e. The number of rotatable bonds is 8. The number of anilines is 1. The average Bonchev–Trinajstić information content (AvgIpc) is 3.15. The van der Waals surface area contributed by atoms with E-state index in [-0.39, 0.29) is 18.2 Å². The second-order valence-electron chi connectivity index (χ2n) is 7.54. The molecule has 0 saturated heterocycles. The lowest BCUT2D eigenvalue weighted by molar-refractivity contribution is -0.127. The van der Waals surface area contributed by atoms with E-state index in [2.05, 4.69) is 15.6 Å². The summed E-state index contributed by atoms with van der Waals surface area (Å²) in [7, 11) is 0. The molecule has 1 atom stereocenters. The van der Waals surface area contributed by atoms with E-state index in [1.54, 1.807) is 24.3 Å². The molecule has 1 heterocycles. The molecule has 0 saturated carbocycles. The topological polar surface area (TPSA) is 71.1 Å². The summed E-state index contributed by atoms with van der Waals surface area (Å²) in [6, 6.07) is 11.5. The third-order valence-corrected chi connectivity index (χ3v) is 5.37. The molecule has 0 fully saturated rings. The van der Waals surface area contributed by atoms with E-state index in [0.717, 1.165) is 6.07 Å². The number of hydrogen-bond donors (Lipinski definition) is 2. The van der Waals surface area contributed by atoms with Crippen molar-refractivity contribution in [3.05, 3.63) is 82.4 Å². The maximum atomic E-state index is 13.9. The molecule has 2 amide bonds. The predicted molar refractivity (Wildman–Crippen MR) is 117 cm³/mol. The molecule has 2 N–H and O–H groups in total. The molecule has 0 aliphatic heterocycles. The van der Waals surface area contributed by atoms with Crippen molar-refractivity contribution < 1.29 is 18.4 Å². The van der Waals surface area contributed by atoms with Crippen molar-refractivity contribution in [3.8, 4) is 0 Å². The van der Waals surface area contributed by atoms with Crippen molar-refractivity contribution in [2.45, 2.75) is 32.7 Å². The molecule has 0 bridgehead atoms. The summed E-state index contributed by atoms with van der Waals surface area (Å²) in [5.41, 5.74) is 0.994. The van der Waals surface area contributed by atoms with E-state index in [4.69, 9.17) is 0 Å². The number of hydrogen-bond acceptors (Lipinski definition) is 4. The van der Waals surface area contributed by atoms with Gasteiger partial charge in [-0.3, -0.25) is 14.9 Å². The van der Waals surface area contributed by atoms with Crippen LogP contribution in [-0.4, -0.2) is 16.8 Å².